The van der Waals surface area contributed by atoms with Crippen molar-refractivity contribution in [2.24, 2.45) is 4.99 Å². The molecule has 0 spiro atoms. The molecule has 6 heteroatoms. The van der Waals surface area contributed by atoms with Crippen LogP contribution >= 0.6 is 46.4 Å². The molecule has 0 aliphatic heterocycles. The van der Waals surface area contributed by atoms with Gasteiger partial charge in [0.15, 0.2) is 0 Å². The molecule has 3 rings (SSSR count). The third-order valence-electron chi connectivity index (χ3n) is 3.95. The Labute approximate surface area is 178 Å². The first-order valence-electron chi connectivity index (χ1n) is 8.09. The Morgan fingerprint density at radius 2 is 1.70 bits per heavy atom. The molecular formula is C21H15Cl4NO. The summed E-state index contributed by atoms with van der Waals surface area (Å²) in [6.07, 6.45) is 1.74. The van der Waals surface area contributed by atoms with Gasteiger partial charge in [0.2, 0.25) is 0 Å². The van der Waals surface area contributed by atoms with E-state index in [1.807, 2.05) is 37.3 Å². The molecule has 0 heterocycles. The first-order valence-corrected chi connectivity index (χ1v) is 9.60. The van der Waals surface area contributed by atoms with E-state index in [9.17, 15) is 0 Å². The fraction of sp³-hybridized carbons (Fsp3) is 0.0952. The number of nitrogens with zero attached hydrogens (tertiary/aromatic N) is 1. The van der Waals surface area contributed by atoms with Gasteiger partial charge in [0, 0.05) is 26.8 Å². The van der Waals surface area contributed by atoms with Gasteiger partial charge in [-0.25, -0.2) is 0 Å². The molecule has 0 saturated carbocycles. The monoisotopic (exact) mass is 437 g/mol. The van der Waals surface area contributed by atoms with Crippen LogP contribution in [-0.2, 0) is 6.61 Å². The minimum Gasteiger partial charge on any atom is -0.487 e. The lowest BCUT2D eigenvalue weighted by atomic mass is 10.2. The van der Waals surface area contributed by atoms with Gasteiger partial charge in [0.05, 0.1) is 10.7 Å². The maximum Gasteiger partial charge on any atom is 0.138 e. The highest BCUT2D eigenvalue weighted by molar-refractivity contribution is 6.35. The molecule has 27 heavy (non-hydrogen) atoms. The van der Waals surface area contributed by atoms with Gasteiger partial charge in [0.1, 0.15) is 12.4 Å². The summed E-state index contributed by atoms with van der Waals surface area (Å²) in [5.41, 5.74) is 3.44. The first kappa shape index (κ1) is 20.0. The number of rotatable bonds is 5. The fourth-order valence-corrected chi connectivity index (χ4v) is 3.26. The molecule has 2 nitrogen and oxygen atoms in total. The number of hydrogen-bond donors (Lipinski definition) is 0. The standard InChI is InChI=1S/C21H15Cl4NO/c1-13-17(23)3-2-4-20(13)26-11-14-5-8-21(19(25)9-14)27-12-15-6-7-16(22)10-18(15)24/h2-11H,12H2,1H3. The quantitative estimate of drug-likeness (QED) is 0.370. The van der Waals surface area contributed by atoms with Crippen molar-refractivity contribution in [3.8, 4) is 5.75 Å². The van der Waals surface area contributed by atoms with Crippen LogP contribution in [0.15, 0.2) is 59.6 Å². The van der Waals surface area contributed by atoms with E-state index in [0.717, 1.165) is 22.4 Å². The predicted molar refractivity (Wildman–Crippen MR) is 116 cm³/mol. The largest absolute Gasteiger partial charge is 0.487 e. The summed E-state index contributed by atoms with van der Waals surface area (Å²) >= 11 is 24.5. The Hall–Kier alpha value is -1.71. The van der Waals surface area contributed by atoms with Crippen LogP contribution in [0.2, 0.25) is 20.1 Å². The normalized spacial score (nSPS) is 11.1. The van der Waals surface area contributed by atoms with E-state index in [1.165, 1.54) is 0 Å². The van der Waals surface area contributed by atoms with Crippen LogP contribution < -0.4 is 4.74 Å². The van der Waals surface area contributed by atoms with E-state index in [-0.39, 0.29) is 0 Å². The zero-order valence-electron chi connectivity index (χ0n) is 14.3. The van der Waals surface area contributed by atoms with Crippen molar-refractivity contribution in [3.63, 3.8) is 0 Å². The molecule has 0 fully saturated rings. The summed E-state index contributed by atoms with van der Waals surface area (Å²) in [5.74, 6) is 0.568. The van der Waals surface area contributed by atoms with Crippen molar-refractivity contribution in [3.05, 3.63) is 91.4 Å². The highest BCUT2D eigenvalue weighted by atomic mass is 35.5. The summed E-state index contributed by atoms with van der Waals surface area (Å²) in [6.45, 7) is 2.23. The van der Waals surface area contributed by atoms with Gasteiger partial charge in [-0.15, -0.1) is 0 Å². The maximum atomic E-state index is 6.34. The van der Waals surface area contributed by atoms with Crippen LogP contribution in [-0.4, -0.2) is 6.21 Å². The SMILES string of the molecule is Cc1c(Cl)cccc1N=Cc1ccc(OCc2ccc(Cl)cc2Cl)c(Cl)c1. The fourth-order valence-electron chi connectivity index (χ4n) is 2.39. The van der Waals surface area contributed by atoms with Gasteiger partial charge in [-0.1, -0.05) is 58.5 Å². The second-order valence-electron chi connectivity index (χ2n) is 5.86. The van der Waals surface area contributed by atoms with Crippen LogP contribution in [0.1, 0.15) is 16.7 Å². The molecule has 0 radical (unpaired) electrons. The molecule has 0 atom stereocenters. The Kier molecular flexibility index (Phi) is 6.67. The highest BCUT2D eigenvalue weighted by Gasteiger charge is 2.06. The number of hydrogen-bond acceptors (Lipinski definition) is 2. The first-order chi connectivity index (χ1) is 12.9. The topological polar surface area (TPSA) is 21.6 Å². The number of halogens is 4. The van der Waals surface area contributed by atoms with Crippen molar-refractivity contribution in [2.75, 3.05) is 0 Å². The Morgan fingerprint density at radius 3 is 2.44 bits per heavy atom. The van der Waals surface area contributed by atoms with Crippen LogP contribution in [0, 0.1) is 6.92 Å². The van der Waals surface area contributed by atoms with Crippen molar-refractivity contribution in [1.29, 1.82) is 0 Å². The number of benzene rings is 3. The molecule has 0 saturated heterocycles. The lowest BCUT2D eigenvalue weighted by Gasteiger charge is -2.10. The number of ether oxygens (including phenoxy) is 1. The van der Waals surface area contributed by atoms with Gasteiger partial charge < -0.3 is 4.74 Å². The second kappa shape index (κ2) is 8.99. The molecule has 3 aromatic carbocycles. The third-order valence-corrected chi connectivity index (χ3v) is 5.24. The van der Waals surface area contributed by atoms with Crippen molar-refractivity contribution in [1.82, 2.24) is 0 Å². The molecule has 0 aliphatic rings. The van der Waals surface area contributed by atoms with Gasteiger partial charge >= 0.3 is 0 Å². The molecule has 0 aromatic heterocycles. The average Bonchev–Trinajstić information content (AvgIpc) is 2.63. The minimum atomic E-state index is 0.296. The van der Waals surface area contributed by atoms with Gasteiger partial charge in [0.25, 0.3) is 0 Å². The predicted octanol–water partition coefficient (Wildman–Crippen LogP) is 7.94. The third kappa shape index (κ3) is 5.18. The summed E-state index contributed by atoms with van der Waals surface area (Å²) in [5, 5.41) is 2.32. The summed E-state index contributed by atoms with van der Waals surface area (Å²) < 4.78 is 5.77. The molecular weight excluding hydrogens is 424 g/mol. The number of aliphatic imine (C=N–C) groups is 1. The summed E-state index contributed by atoms with van der Waals surface area (Å²) in [6, 6.07) is 16.4. The van der Waals surface area contributed by atoms with Gasteiger partial charge in [-0.2, -0.15) is 0 Å². The van der Waals surface area contributed by atoms with Crippen molar-refractivity contribution >= 4 is 58.3 Å². The van der Waals surface area contributed by atoms with E-state index >= 15 is 0 Å². The Balaban J connectivity index is 1.72. The molecule has 0 unspecified atom stereocenters. The second-order valence-corrected chi connectivity index (χ2v) is 7.51. The van der Waals surface area contributed by atoms with Crippen LogP contribution in [0.25, 0.3) is 0 Å². The van der Waals surface area contributed by atoms with E-state index in [0.29, 0.717) is 32.4 Å². The molecule has 0 bridgehead atoms. The van der Waals surface area contributed by atoms with Crippen LogP contribution in [0.5, 0.6) is 5.75 Å². The van der Waals surface area contributed by atoms with E-state index in [4.69, 9.17) is 51.1 Å². The van der Waals surface area contributed by atoms with Crippen molar-refractivity contribution < 1.29 is 4.74 Å². The molecule has 0 amide bonds. The Morgan fingerprint density at radius 1 is 0.889 bits per heavy atom. The molecule has 0 N–H and O–H groups in total. The average molecular weight is 439 g/mol. The molecule has 3 aromatic rings. The summed E-state index contributed by atoms with van der Waals surface area (Å²) in [4.78, 5) is 4.48. The van der Waals surface area contributed by atoms with E-state index in [2.05, 4.69) is 4.99 Å². The zero-order valence-corrected chi connectivity index (χ0v) is 17.4. The maximum absolute atomic E-state index is 6.34. The van der Waals surface area contributed by atoms with Gasteiger partial charge in [-0.3, -0.25) is 4.99 Å². The molecule has 0 aliphatic carbocycles. The lowest BCUT2D eigenvalue weighted by Crippen LogP contribution is -1.97. The highest BCUT2D eigenvalue weighted by Crippen LogP contribution is 2.29. The molecule has 138 valence electrons. The van der Waals surface area contributed by atoms with E-state index in [1.54, 1.807) is 30.5 Å². The minimum absolute atomic E-state index is 0.296. The lowest BCUT2D eigenvalue weighted by molar-refractivity contribution is 0.306. The van der Waals surface area contributed by atoms with Crippen LogP contribution in [0.4, 0.5) is 5.69 Å². The van der Waals surface area contributed by atoms with Crippen molar-refractivity contribution in [2.45, 2.75) is 13.5 Å². The van der Waals surface area contributed by atoms with E-state index < -0.39 is 0 Å². The van der Waals surface area contributed by atoms with Crippen LogP contribution in [0.3, 0.4) is 0 Å². The Bertz CT molecular complexity index is 1000. The summed E-state index contributed by atoms with van der Waals surface area (Å²) in [7, 11) is 0. The zero-order chi connectivity index (χ0) is 19.4. The van der Waals surface area contributed by atoms with Gasteiger partial charge in [-0.05, 0) is 60.5 Å². The smallest absolute Gasteiger partial charge is 0.138 e.